The summed E-state index contributed by atoms with van der Waals surface area (Å²) in [5.74, 6) is -0.861. The fourth-order valence-electron chi connectivity index (χ4n) is 3.45. The van der Waals surface area contributed by atoms with Gasteiger partial charge in [0.1, 0.15) is 0 Å². The van der Waals surface area contributed by atoms with Gasteiger partial charge in [0.25, 0.3) is 0 Å². The van der Waals surface area contributed by atoms with Gasteiger partial charge in [-0.2, -0.15) is 13.2 Å². The summed E-state index contributed by atoms with van der Waals surface area (Å²) in [6.07, 6.45) is -3.57. The molecule has 1 aromatic carbocycles. The minimum Gasteiger partial charge on any atom is -0.380 e. The van der Waals surface area contributed by atoms with Crippen LogP contribution in [0.5, 0.6) is 0 Å². The van der Waals surface area contributed by atoms with Crippen molar-refractivity contribution in [1.82, 2.24) is 0 Å². The van der Waals surface area contributed by atoms with Crippen molar-refractivity contribution >= 4 is 11.6 Å². The van der Waals surface area contributed by atoms with E-state index in [2.05, 4.69) is 0 Å². The van der Waals surface area contributed by atoms with Crippen LogP contribution in [-0.4, -0.2) is 16.9 Å². The maximum Gasteiger partial charge on any atom is 0.417 e. The molecule has 0 spiro atoms. The first-order valence-electron chi connectivity index (χ1n) is 7.10. The van der Waals surface area contributed by atoms with Gasteiger partial charge in [0.15, 0.2) is 5.60 Å². The third-order valence-corrected chi connectivity index (χ3v) is 4.99. The van der Waals surface area contributed by atoms with Gasteiger partial charge in [-0.15, -0.1) is 0 Å². The molecule has 2 rings (SSSR count). The number of hydrogen-bond donors (Lipinski definition) is 1. The molecule has 21 heavy (non-hydrogen) atoms. The first-order valence-corrected chi connectivity index (χ1v) is 7.48. The molecule has 0 heterocycles. The van der Waals surface area contributed by atoms with Gasteiger partial charge in [0.2, 0.25) is 0 Å². The van der Waals surface area contributed by atoms with E-state index in [0.717, 1.165) is 5.56 Å². The first-order chi connectivity index (χ1) is 9.56. The molecule has 1 aromatic rings. The van der Waals surface area contributed by atoms with Crippen LogP contribution in [0, 0.1) is 11.3 Å². The highest BCUT2D eigenvalue weighted by Crippen LogP contribution is 2.53. The van der Waals surface area contributed by atoms with E-state index in [-0.39, 0.29) is 12.8 Å². The van der Waals surface area contributed by atoms with Crippen LogP contribution in [0.3, 0.4) is 0 Å². The number of benzene rings is 1. The van der Waals surface area contributed by atoms with E-state index in [1.54, 1.807) is 24.3 Å². The van der Waals surface area contributed by atoms with Gasteiger partial charge in [-0.3, -0.25) is 0 Å². The number of rotatable bonds is 2. The molecule has 2 atom stereocenters. The summed E-state index contributed by atoms with van der Waals surface area (Å²) in [7, 11) is 0. The maximum absolute atomic E-state index is 13.4. The number of alkyl halides is 3. The molecule has 0 amide bonds. The van der Waals surface area contributed by atoms with Crippen LogP contribution in [0.1, 0.15) is 38.7 Å². The molecular formula is C16H20ClF3O. The van der Waals surface area contributed by atoms with Crippen molar-refractivity contribution in [1.29, 1.82) is 0 Å². The third kappa shape index (κ3) is 3.21. The highest BCUT2D eigenvalue weighted by molar-refractivity contribution is 6.30. The van der Waals surface area contributed by atoms with Crippen molar-refractivity contribution in [3.8, 4) is 0 Å². The van der Waals surface area contributed by atoms with Crippen molar-refractivity contribution in [2.45, 2.75) is 51.3 Å². The molecule has 1 saturated carbocycles. The predicted molar refractivity (Wildman–Crippen MR) is 77.3 cm³/mol. The Labute approximate surface area is 128 Å². The Morgan fingerprint density at radius 3 is 2.29 bits per heavy atom. The van der Waals surface area contributed by atoms with Crippen molar-refractivity contribution < 1.29 is 18.3 Å². The molecular weight excluding hydrogens is 301 g/mol. The van der Waals surface area contributed by atoms with Crippen LogP contribution >= 0.6 is 11.6 Å². The van der Waals surface area contributed by atoms with Gasteiger partial charge in [-0.05, 0) is 48.8 Å². The molecule has 0 bridgehead atoms. The average Bonchev–Trinajstić information content (AvgIpc) is 2.34. The molecule has 1 nitrogen and oxygen atoms in total. The number of halogens is 4. The van der Waals surface area contributed by atoms with E-state index in [9.17, 15) is 18.3 Å². The SMILES string of the molecule is CC1(C)CCCC(O)(C(F)(F)F)C1Cc1ccc(Cl)cc1. The molecule has 0 radical (unpaired) electrons. The topological polar surface area (TPSA) is 20.2 Å². The van der Waals surface area contributed by atoms with Crippen molar-refractivity contribution in [3.63, 3.8) is 0 Å². The smallest absolute Gasteiger partial charge is 0.380 e. The minimum atomic E-state index is -4.61. The van der Waals surface area contributed by atoms with Crippen molar-refractivity contribution in [3.05, 3.63) is 34.9 Å². The third-order valence-electron chi connectivity index (χ3n) is 4.74. The van der Waals surface area contributed by atoms with Gasteiger partial charge >= 0.3 is 6.18 Å². The van der Waals surface area contributed by atoms with E-state index in [1.165, 1.54) is 0 Å². The lowest BCUT2D eigenvalue weighted by Crippen LogP contribution is -2.58. The molecule has 0 aromatic heterocycles. The largest absolute Gasteiger partial charge is 0.417 e. The second-order valence-electron chi connectivity index (χ2n) is 6.65. The monoisotopic (exact) mass is 320 g/mol. The Morgan fingerprint density at radius 2 is 1.76 bits per heavy atom. The molecule has 118 valence electrons. The van der Waals surface area contributed by atoms with Crippen molar-refractivity contribution in [2.24, 2.45) is 11.3 Å². The molecule has 1 N–H and O–H groups in total. The van der Waals surface area contributed by atoms with Gasteiger partial charge in [-0.25, -0.2) is 0 Å². The summed E-state index contributed by atoms with van der Waals surface area (Å²) in [6.45, 7) is 3.62. The van der Waals surface area contributed by atoms with Crippen LogP contribution in [0.2, 0.25) is 5.02 Å². The summed E-state index contributed by atoms with van der Waals surface area (Å²) in [6, 6.07) is 6.78. The Balaban J connectivity index is 2.35. The van der Waals surface area contributed by atoms with Crippen LogP contribution in [-0.2, 0) is 6.42 Å². The van der Waals surface area contributed by atoms with E-state index in [4.69, 9.17) is 11.6 Å². The number of hydrogen-bond acceptors (Lipinski definition) is 1. The number of aliphatic hydroxyl groups is 1. The van der Waals surface area contributed by atoms with Gasteiger partial charge in [-0.1, -0.05) is 37.6 Å². The van der Waals surface area contributed by atoms with E-state index < -0.39 is 23.1 Å². The molecule has 1 aliphatic rings. The summed E-state index contributed by atoms with van der Waals surface area (Å²) < 4.78 is 40.2. The van der Waals surface area contributed by atoms with Crippen LogP contribution in [0.25, 0.3) is 0 Å². The van der Waals surface area contributed by atoms with E-state index >= 15 is 0 Å². The van der Waals surface area contributed by atoms with E-state index in [0.29, 0.717) is 17.9 Å². The molecule has 2 unspecified atom stereocenters. The highest BCUT2D eigenvalue weighted by atomic mass is 35.5. The standard InChI is InChI=1S/C16H20ClF3O/c1-14(2)8-3-9-15(21,16(18,19)20)13(14)10-11-4-6-12(17)7-5-11/h4-7,13,21H,3,8-10H2,1-2H3. The zero-order valence-electron chi connectivity index (χ0n) is 12.2. The Kier molecular flexibility index (Phi) is 4.33. The normalized spacial score (nSPS) is 29.4. The second-order valence-corrected chi connectivity index (χ2v) is 7.08. The summed E-state index contributed by atoms with van der Waals surface area (Å²) in [5.41, 5.74) is -2.42. The Morgan fingerprint density at radius 1 is 1.19 bits per heavy atom. The van der Waals surface area contributed by atoms with Gasteiger partial charge in [0.05, 0.1) is 0 Å². The summed E-state index contributed by atoms with van der Waals surface area (Å²) >= 11 is 5.81. The average molecular weight is 321 g/mol. The summed E-state index contributed by atoms with van der Waals surface area (Å²) in [5, 5.41) is 10.9. The molecule has 0 aliphatic heterocycles. The fraction of sp³-hybridized carbons (Fsp3) is 0.625. The van der Waals surface area contributed by atoms with Crippen LogP contribution in [0.15, 0.2) is 24.3 Å². The fourth-order valence-corrected chi connectivity index (χ4v) is 3.57. The molecule has 1 fully saturated rings. The predicted octanol–water partition coefficient (Wildman–Crippen LogP) is 5.00. The van der Waals surface area contributed by atoms with Gasteiger partial charge in [0, 0.05) is 10.9 Å². The quantitative estimate of drug-likeness (QED) is 0.812. The lowest BCUT2D eigenvalue weighted by atomic mass is 9.59. The van der Waals surface area contributed by atoms with Crippen LogP contribution in [0.4, 0.5) is 13.2 Å². The highest BCUT2D eigenvalue weighted by Gasteiger charge is 2.62. The maximum atomic E-state index is 13.4. The minimum absolute atomic E-state index is 0.195. The Bertz CT molecular complexity index is 495. The van der Waals surface area contributed by atoms with Crippen molar-refractivity contribution in [2.75, 3.05) is 0 Å². The second kappa shape index (κ2) is 5.47. The van der Waals surface area contributed by atoms with E-state index in [1.807, 2.05) is 13.8 Å². The lowest BCUT2D eigenvalue weighted by Gasteiger charge is -2.50. The van der Waals surface area contributed by atoms with Crippen LogP contribution < -0.4 is 0 Å². The Hall–Kier alpha value is -0.740. The first kappa shape index (κ1) is 16.6. The lowest BCUT2D eigenvalue weighted by molar-refractivity contribution is -0.302. The van der Waals surface area contributed by atoms with Gasteiger partial charge < -0.3 is 5.11 Å². The zero-order valence-corrected chi connectivity index (χ0v) is 12.9. The molecule has 1 aliphatic carbocycles. The zero-order chi connectivity index (χ0) is 15.9. The molecule has 5 heteroatoms. The summed E-state index contributed by atoms with van der Waals surface area (Å²) in [4.78, 5) is 0. The molecule has 0 saturated heterocycles.